The van der Waals surface area contributed by atoms with E-state index in [9.17, 15) is 4.79 Å². The summed E-state index contributed by atoms with van der Waals surface area (Å²) in [7, 11) is 1.48. The highest BCUT2D eigenvalue weighted by Crippen LogP contribution is 2.30. The number of methoxy groups -OCH3 is 1. The molecule has 4 heteroatoms. The van der Waals surface area contributed by atoms with E-state index in [0.29, 0.717) is 0 Å². The van der Waals surface area contributed by atoms with E-state index in [1.165, 1.54) is 29.0 Å². The number of esters is 1. The summed E-state index contributed by atoms with van der Waals surface area (Å²) in [5.41, 5.74) is 2.50. The van der Waals surface area contributed by atoms with Crippen LogP contribution in [0.5, 0.6) is 0 Å². The lowest BCUT2D eigenvalue weighted by atomic mass is 9.90. The Morgan fingerprint density at radius 2 is 1.79 bits per heavy atom. The van der Waals surface area contributed by atoms with Crippen molar-refractivity contribution in [3.8, 4) is 0 Å². The van der Waals surface area contributed by atoms with Crippen LogP contribution in [0, 0.1) is 11.8 Å². The molecule has 3 aromatic carbocycles. The Morgan fingerprint density at radius 1 is 1.04 bits per heavy atom. The number of carbonyl (C=O) groups is 1. The molecule has 3 nitrogen and oxygen atoms in total. The fraction of sp³-hybridized carbons (Fsp3) is 0.292. The van der Waals surface area contributed by atoms with Crippen LogP contribution in [0.3, 0.4) is 0 Å². The summed E-state index contributed by atoms with van der Waals surface area (Å²) in [6, 6.07) is 22.8. The van der Waals surface area contributed by atoms with Crippen molar-refractivity contribution in [2.45, 2.75) is 13.0 Å². The van der Waals surface area contributed by atoms with E-state index in [1.807, 2.05) is 24.3 Å². The summed E-state index contributed by atoms with van der Waals surface area (Å²) >= 11 is 6.01. The Balaban J connectivity index is 1.53. The molecule has 0 spiro atoms. The van der Waals surface area contributed by atoms with Gasteiger partial charge in [-0.2, -0.15) is 0 Å². The van der Waals surface area contributed by atoms with Gasteiger partial charge in [-0.15, -0.1) is 0 Å². The Bertz CT molecular complexity index is 965. The van der Waals surface area contributed by atoms with Crippen LogP contribution >= 0.6 is 11.6 Å². The van der Waals surface area contributed by atoms with Crippen LogP contribution in [0.1, 0.15) is 11.1 Å². The van der Waals surface area contributed by atoms with Crippen LogP contribution in [0.2, 0.25) is 5.02 Å². The van der Waals surface area contributed by atoms with Gasteiger partial charge >= 0.3 is 5.97 Å². The monoisotopic (exact) mass is 393 g/mol. The number of hydrogen-bond donors (Lipinski definition) is 0. The maximum absolute atomic E-state index is 12.4. The molecule has 1 aliphatic rings. The Hall–Kier alpha value is -2.36. The molecule has 2 unspecified atom stereocenters. The Morgan fingerprint density at radius 3 is 2.57 bits per heavy atom. The van der Waals surface area contributed by atoms with Gasteiger partial charge in [-0.1, -0.05) is 66.2 Å². The van der Waals surface area contributed by atoms with E-state index in [1.54, 1.807) is 0 Å². The number of fused-ring (bicyclic) bond motifs is 1. The van der Waals surface area contributed by atoms with Gasteiger partial charge < -0.3 is 4.74 Å². The number of rotatable bonds is 5. The van der Waals surface area contributed by atoms with E-state index in [0.717, 1.165) is 31.1 Å². The van der Waals surface area contributed by atoms with Crippen molar-refractivity contribution in [1.29, 1.82) is 0 Å². The Kier molecular flexibility index (Phi) is 5.65. The molecule has 3 aromatic rings. The van der Waals surface area contributed by atoms with Crippen molar-refractivity contribution in [2.24, 2.45) is 11.8 Å². The van der Waals surface area contributed by atoms with Crippen molar-refractivity contribution in [1.82, 2.24) is 4.90 Å². The maximum Gasteiger partial charge on any atom is 0.310 e. The second-order valence-electron chi connectivity index (χ2n) is 7.55. The number of ether oxygens (including phenoxy) is 1. The molecule has 4 rings (SSSR count). The van der Waals surface area contributed by atoms with Crippen LogP contribution < -0.4 is 0 Å². The number of hydrogen-bond acceptors (Lipinski definition) is 3. The molecular weight excluding hydrogens is 370 g/mol. The highest BCUT2D eigenvalue weighted by molar-refractivity contribution is 6.30. The highest BCUT2D eigenvalue weighted by Gasteiger charge is 2.38. The van der Waals surface area contributed by atoms with Crippen LogP contribution in [-0.4, -0.2) is 31.1 Å². The molecular formula is C24H24ClNO2. The summed E-state index contributed by atoms with van der Waals surface area (Å²) in [5, 5.41) is 3.26. The van der Waals surface area contributed by atoms with Crippen molar-refractivity contribution >= 4 is 28.3 Å². The lowest BCUT2D eigenvalue weighted by molar-refractivity contribution is -0.146. The van der Waals surface area contributed by atoms with Crippen LogP contribution in [0.4, 0.5) is 0 Å². The lowest BCUT2D eigenvalue weighted by Gasteiger charge is -2.17. The quantitative estimate of drug-likeness (QED) is 0.574. The molecule has 0 radical (unpaired) electrons. The zero-order valence-corrected chi connectivity index (χ0v) is 16.7. The number of benzene rings is 3. The van der Waals surface area contributed by atoms with E-state index < -0.39 is 0 Å². The van der Waals surface area contributed by atoms with Crippen molar-refractivity contribution in [3.05, 3.63) is 82.9 Å². The molecule has 0 amide bonds. The predicted molar refractivity (Wildman–Crippen MR) is 113 cm³/mol. The molecule has 0 N–H and O–H groups in total. The standard InChI is InChI=1S/C24H24ClNO2/c1-28-24(27)23-16-26(15-20(23)13-17-9-11-21(25)12-10-17)14-19-7-4-6-18-5-2-3-8-22(18)19/h2-12,20,23H,13-16H2,1H3. The zero-order valence-electron chi connectivity index (χ0n) is 16.0. The number of carbonyl (C=O) groups excluding carboxylic acids is 1. The van der Waals surface area contributed by atoms with Crippen molar-refractivity contribution in [3.63, 3.8) is 0 Å². The lowest BCUT2D eigenvalue weighted by Crippen LogP contribution is -2.25. The summed E-state index contributed by atoms with van der Waals surface area (Å²) in [6.07, 6.45) is 0.850. The van der Waals surface area contributed by atoms with E-state index in [2.05, 4.69) is 47.4 Å². The van der Waals surface area contributed by atoms with E-state index in [4.69, 9.17) is 16.3 Å². The first-order chi connectivity index (χ1) is 13.6. The molecule has 2 atom stereocenters. The third-order valence-corrected chi connectivity index (χ3v) is 5.96. The molecule has 0 saturated carbocycles. The van der Waals surface area contributed by atoms with Gasteiger partial charge in [-0.3, -0.25) is 9.69 Å². The number of halogens is 1. The molecule has 1 aliphatic heterocycles. The van der Waals surface area contributed by atoms with E-state index in [-0.39, 0.29) is 17.8 Å². The van der Waals surface area contributed by atoms with Gasteiger partial charge in [-0.25, -0.2) is 0 Å². The first kappa shape index (κ1) is 19.0. The topological polar surface area (TPSA) is 29.5 Å². The first-order valence-electron chi connectivity index (χ1n) is 9.65. The van der Waals surface area contributed by atoms with Gasteiger partial charge in [0.25, 0.3) is 0 Å². The molecule has 1 fully saturated rings. The first-order valence-corrected chi connectivity index (χ1v) is 10.0. The van der Waals surface area contributed by atoms with Crippen LogP contribution in [-0.2, 0) is 22.5 Å². The summed E-state index contributed by atoms with van der Waals surface area (Å²) in [6.45, 7) is 2.45. The molecule has 28 heavy (non-hydrogen) atoms. The van der Waals surface area contributed by atoms with Crippen LogP contribution in [0.15, 0.2) is 66.7 Å². The van der Waals surface area contributed by atoms with Gasteiger partial charge in [0.15, 0.2) is 0 Å². The van der Waals surface area contributed by atoms with Crippen molar-refractivity contribution in [2.75, 3.05) is 20.2 Å². The molecule has 0 aromatic heterocycles. The largest absolute Gasteiger partial charge is 0.469 e. The minimum atomic E-state index is -0.112. The minimum Gasteiger partial charge on any atom is -0.469 e. The average Bonchev–Trinajstić information content (AvgIpc) is 3.11. The summed E-state index contributed by atoms with van der Waals surface area (Å²) < 4.78 is 5.10. The Labute approximate surface area is 170 Å². The van der Waals surface area contributed by atoms with Gasteiger partial charge in [0.05, 0.1) is 13.0 Å². The maximum atomic E-state index is 12.4. The second kappa shape index (κ2) is 8.34. The number of likely N-dealkylation sites (tertiary alicyclic amines) is 1. The molecule has 1 heterocycles. The highest BCUT2D eigenvalue weighted by atomic mass is 35.5. The van der Waals surface area contributed by atoms with Gasteiger partial charge in [0, 0.05) is 24.7 Å². The van der Waals surface area contributed by atoms with Gasteiger partial charge in [0.2, 0.25) is 0 Å². The SMILES string of the molecule is COC(=O)C1CN(Cc2cccc3ccccc23)CC1Cc1ccc(Cl)cc1. The smallest absolute Gasteiger partial charge is 0.310 e. The molecule has 0 bridgehead atoms. The van der Waals surface area contributed by atoms with Crippen LogP contribution in [0.25, 0.3) is 10.8 Å². The summed E-state index contributed by atoms with van der Waals surface area (Å²) in [4.78, 5) is 14.8. The normalized spacial score (nSPS) is 19.8. The van der Waals surface area contributed by atoms with E-state index >= 15 is 0 Å². The second-order valence-corrected chi connectivity index (χ2v) is 7.99. The number of nitrogens with zero attached hydrogens (tertiary/aromatic N) is 1. The molecule has 0 aliphatic carbocycles. The van der Waals surface area contributed by atoms with Gasteiger partial charge in [-0.05, 0) is 46.4 Å². The molecule has 1 saturated heterocycles. The third-order valence-electron chi connectivity index (χ3n) is 5.71. The third kappa shape index (κ3) is 4.06. The zero-order chi connectivity index (χ0) is 19.5. The fourth-order valence-electron chi connectivity index (χ4n) is 4.31. The fourth-order valence-corrected chi connectivity index (χ4v) is 4.44. The van der Waals surface area contributed by atoms with Gasteiger partial charge in [0.1, 0.15) is 0 Å². The molecule has 144 valence electrons. The average molecular weight is 394 g/mol. The minimum absolute atomic E-state index is 0.101. The summed E-state index contributed by atoms with van der Waals surface area (Å²) in [5.74, 6) is 0.0265. The predicted octanol–water partition coefficient (Wildman–Crippen LogP) is 4.96. The van der Waals surface area contributed by atoms with Crippen molar-refractivity contribution < 1.29 is 9.53 Å².